The molecule has 0 amide bonds. The molecule has 18 heavy (non-hydrogen) atoms. The molecule has 0 unspecified atom stereocenters. The van der Waals surface area contributed by atoms with Gasteiger partial charge in [-0.3, -0.25) is 0 Å². The lowest BCUT2D eigenvalue weighted by Gasteiger charge is -2.31. The molecule has 1 aliphatic rings. The van der Waals surface area contributed by atoms with Gasteiger partial charge < -0.3 is 5.73 Å². The lowest BCUT2D eigenvalue weighted by atomic mass is 9.75. The van der Waals surface area contributed by atoms with Crippen molar-refractivity contribution in [1.82, 2.24) is 0 Å². The Balaban J connectivity index is 2.18. The van der Waals surface area contributed by atoms with Crippen LogP contribution < -0.4 is 5.73 Å². The summed E-state index contributed by atoms with van der Waals surface area (Å²) < 4.78 is 26.6. The molecule has 0 saturated heterocycles. The van der Waals surface area contributed by atoms with E-state index in [1.807, 2.05) is 0 Å². The third kappa shape index (κ3) is 3.08. The molecule has 0 aromatic heterocycles. The first kappa shape index (κ1) is 13.5. The third-order valence-corrected chi connectivity index (χ3v) is 4.18. The number of nitrogens with two attached hydrogens (primary N) is 1. The molecule has 1 fully saturated rings. The predicted molar refractivity (Wildman–Crippen MR) is 69.3 cm³/mol. The maximum atomic E-state index is 13.7. The molecule has 2 N–H and O–H groups in total. The fourth-order valence-corrected chi connectivity index (χ4v) is 3.00. The molecule has 3 heteroatoms. The number of hydrogen-bond acceptors (Lipinski definition) is 1. The quantitative estimate of drug-likeness (QED) is 0.814. The molecular formula is C15H21F2N. The Morgan fingerprint density at radius 3 is 2.28 bits per heavy atom. The second kappa shape index (κ2) is 5.79. The van der Waals surface area contributed by atoms with Crippen molar-refractivity contribution in [2.24, 2.45) is 11.1 Å². The first-order valence-electron chi connectivity index (χ1n) is 6.79. The highest BCUT2D eigenvalue weighted by molar-refractivity contribution is 5.20. The molecule has 1 aromatic carbocycles. The first-order valence-corrected chi connectivity index (χ1v) is 6.79. The zero-order valence-corrected chi connectivity index (χ0v) is 10.7. The van der Waals surface area contributed by atoms with E-state index in [9.17, 15) is 8.78 Å². The molecule has 1 nitrogen and oxygen atoms in total. The Bertz CT molecular complexity index is 395. The van der Waals surface area contributed by atoms with Crippen LogP contribution in [-0.2, 0) is 6.42 Å². The van der Waals surface area contributed by atoms with E-state index < -0.39 is 11.6 Å². The number of rotatable bonds is 3. The van der Waals surface area contributed by atoms with Crippen LogP contribution in [0.4, 0.5) is 8.78 Å². The number of benzene rings is 1. The van der Waals surface area contributed by atoms with Crippen molar-refractivity contribution >= 4 is 0 Å². The van der Waals surface area contributed by atoms with Crippen LogP contribution >= 0.6 is 0 Å². The summed E-state index contributed by atoms with van der Waals surface area (Å²) >= 11 is 0. The molecule has 1 aromatic rings. The van der Waals surface area contributed by atoms with E-state index in [4.69, 9.17) is 5.73 Å². The highest BCUT2D eigenvalue weighted by Crippen LogP contribution is 2.37. The van der Waals surface area contributed by atoms with E-state index >= 15 is 0 Å². The van der Waals surface area contributed by atoms with E-state index in [-0.39, 0.29) is 5.41 Å². The normalized spacial score (nSPS) is 19.5. The van der Waals surface area contributed by atoms with Gasteiger partial charge in [0.2, 0.25) is 0 Å². The predicted octanol–water partition coefficient (Wildman–Crippen LogP) is 3.81. The molecule has 0 heterocycles. The minimum absolute atomic E-state index is 0.00910. The van der Waals surface area contributed by atoms with E-state index in [0.717, 1.165) is 18.9 Å². The molecule has 0 spiro atoms. The molecule has 0 radical (unpaired) electrons. The van der Waals surface area contributed by atoms with Crippen molar-refractivity contribution in [1.29, 1.82) is 0 Å². The average Bonchev–Trinajstić information content (AvgIpc) is 2.59. The lowest BCUT2D eigenvalue weighted by molar-refractivity contribution is 0.249. The van der Waals surface area contributed by atoms with Gasteiger partial charge >= 0.3 is 0 Å². The maximum absolute atomic E-state index is 13.7. The Morgan fingerprint density at radius 2 is 1.72 bits per heavy atom. The minimum atomic E-state index is -0.515. The van der Waals surface area contributed by atoms with E-state index in [0.29, 0.717) is 18.5 Å². The first-order chi connectivity index (χ1) is 8.65. The van der Waals surface area contributed by atoms with Crippen molar-refractivity contribution in [3.05, 3.63) is 35.4 Å². The Kier molecular flexibility index (Phi) is 4.33. The van der Waals surface area contributed by atoms with Gasteiger partial charge in [-0.25, -0.2) is 8.78 Å². The largest absolute Gasteiger partial charge is 0.330 e. The molecule has 0 atom stereocenters. The van der Waals surface area contributed by atoms with E-state index in [2.05, 4.69) is 0 Å². The Labute approximate surface area is 107 Å². The zero-order chi connectivity index (χ0) is 13.0. The van der Waals surface area contributed by atoms with Gasteiger partial charge in [-0.1, -0.05) is 31.7 Å². The number of hydrogen-bond donors (Lipinski definition) is 1. The smallest absolute Gasteiger partial charge is 0.129 e. The van der Waals surface area contributed by atoms with Crippen LogP contribution in [0.15, 0.2) is 18.2 Å². The van der Waals surface area contributed by atoms with Gasteiger partial charge in [0.15, 0.2) is 0 Å². The molecule has 2 rings (SSSR count). The molecular weight excluding hydrogens is 232 g/mol. The Hall–Kier alpha value is -0.960. The highest BCUT2D eigenvalue weighted by Gasteiger charge is 2.30. The van der Waals surface area contributed by atoms with Crippen LogP contribution in [0.1, 0.15) is 44.1 Å². The third-order valence-electron chi connectivity index (χ3n) is 4.18. The molecule has 1 aliphatic carbocycles. The van der Waals surface area contributed by atoms with Crippen molar-refractivity contribution in [2.75, 3.05) is 6.54 Å². The topological polar surface area (TPSA) is 26.0 Å². The summed E-state index contributed by atoms with van der Waals surface area (Å²) in [4.78, 5) is 0. The van der Waals surface area contributed by atoms with Gasteiger partial charge in [0.1, 0.15) is 11.6 Å². The Morgan fingerprint density at radius 1 is 1.06 bits per heavy atom. The summed E-state index contributed by atoms with van der Waals surface area (Å²) in [5, 5.41) is 0. The van der Waals surface area contributed by atoms with Gasteiger partial charge in [0, 0.05) is 6.07 Å². The lowest BCUT2D eigenvalue weighted by Crippen LogP contribution is -2.32. The van der Waals surface area contributed by atoms with E-state index in [1.165, 1.54) is 31.7 Å². The molecule has 0 bridgehead atoms. The van der Waals surface area contributed by atoms with Crippen LogP contribution in [-0.4, -0.2) is 6.54 Å². The standard InChI is InChI=1S/C15H21F2N/c16-13-6-5-12(14(17)9-13)10-15(11-18)7-3-1-2-4-8-15/h5-6,9H,1-4,7-8,10-11,18H2. The van der Waals surface area contributed by atoms with Gasteiger partial charge in [-0.05, 0) is 42.9 Å². The average molecular weight is 253 g/mol. The second-order valence-corrected chi connectivity index (χ2v) is 5.53. The summed E-state index contributed by atoms with van der Waals surface area (Å²) in [7, 11) is 0. The van der Waals surface area contributed by atoms with Crippen molar-refractivity contribution in [3.63, 3.8) is 0 Å². The summed E-state index contributed by atoms with van der Waals surface area (Å²) in [6, 6.07) is 3.86. The summed E-state index contributed by atoms with van der Waals surface area (Å²) in [5.74, 6) is -0.953. The summed E-state index contributed by atoms with van der Waals surface area (Å²) in [6.45, 7) is 0.587. The monoisotopic (exact) mass is 253 g/mol. The molecule has 1 saturated carbocycles. The van der Waals surface area contributed by atoms with E-state index in [1.54, 1.807) is 6.07 Å². The zero-order valence-electron chi connectivity index (χ0n) is 10.7. The fourth-order valence-electron chi connectivity index (χ4n) is 3.00. The van der Waals surface area contributed by atoms with Crippen LogP contribution in [0.5, 0.6) is 0 Å². The van der Waals surface area contributed by atoms with Crippen LogP contribution in [0.2, 0.25) is 0 Å². The number of halogens is 2. The van der Waals surface area contributed by atoms with Crippen molar-refractivity contribution < 1.29 is 8.78 Å². The summed E-state index contributed by atoms with van der Waals surface area (Å²) in [5.41, 5.74) is 6.55. The van der Waals surface area contributed by atoms with Crippen LogP contribution in [0, 0.1) is 17.0 Å². The second-order valence-electron chi connectivity index (χ2n) is 5.53. The van der Waals surface area contributed by atoms with Crippen molar-refractivity contribution in [2.45, 2.75) is 44.9 Å². The van der Waals surface area contributed by atoms with Gasteiger partial charge in [-0.15, -0.1) is 0 Å². The van der Waals surface area contributed by atoms with Crippen molar-refractivity contribution in [3.8, 4) is 0 Å². The van der Waals surface area contributed by atoms with Gasteiger partial charge in [-0.2, -0.15) is 0 Å². The molecule has 100 valence electrons. The maximum Gasteiger partial charge on any atom is 0.129 e. The molecule has 0 aliphatic heterocycles. The van der Waals surface area contributed by atoms with Crippen LogP contribution in [0.3, 0.4) is 0 Å². The minimum Gasteiger partial charge on any atom is -0.330 e. The van der Waals surface area contributed by atoms with Crippen LogP contribution in [0.25, 0.3) is 0 Å². The fraction of sp³-hybridized carbons (Fsp3) is 0.600. The summed E-state index contributed by atoms with van der Waals surface area (Å²) in [6.07, 6.45) is 7.57. The van der Waals surface area contributed by atoms with Gasteiger partial charge in [0.25, 0.3) is 0 Å². The SMILES string of the molecule is NCC1(Cc2ccc(F)cc2F)CCCCCC1. The van der Waals surface area contributed by atoms with Gasteiger partial charge in [0.05, 0.1) is 0 Å². The highest BCUT2D eigenvalue weighted by atomic mass is 19.1.